The van der Waals surface area contributed by atoms with Crippen molar-refractivity contribution >= 4 is 17.9 Å². The lowest BCUT2D eigenvalue weighted by molar-refractivity contribution is 0.0696. The lowest BCUT2D eigenvalue weighted by atomic mass is 10.1. The number of carboxylic acid groups (broad SMARTS) is 1. The first-order chi connectivity index (χ1) is 12.4. The average Bonchev–Trinajstić information content (AvgIpc) is 3.01. The number of benzene rings is 2. The van der Waals surface area contributed by atoms with Crippen molar-refractivity contribution in [3.05, 3.63) is 59.2 Å². The molecule has 0 radical (unpaired) electrons. The summed E-state index contributed by atoms with van der Waals surface area (Å²) in [7, 11) is 0. The van der Waals surface area contributed by atoms with Gasteiger partial charge in [-0.3, -0.25) is 4.79 Å². The number of ether oxygens (including phenoxy) is 1. The molecule has 0 bridgehead atoms. The number of nitrogens with two attached hydrogens (primary N) is 1. The predicted octanol–water partition coefficient (Wildman–Crippen LogP) is 1.80. The van der Waals surface area contributed by atoms with Gasteiger partial charge >= 0.3 is 12.0 Å². The predicted molar refractivity (Wildman–Crippen MR) is 92.2 cm³/mol. The molecule has 26 heavy (non-hydrogen) atoms. The summed E-state index contributed by atoms with van der Waals surface area (Å²) in [5, 5.41) is 11.7. The van der Waals surface area contributed by atoms with E-state index in [0.717, 1.165) is 0 Å². The number of nitrogens with one attached hydrogen (secondary N) is 1. The molecule has 0 atom stereocenters. The molecule has 1 aliphatic heterocycles. The van der Waals surface area contributed by atoms with E-state index >= 15 is 0 Å². The summed E-state index contributed by atoms with van der Waals surface area (Å²) in [6, 6.07) is 10.5. The minimum Gasteiger partial charge on any atom is -0.478 e. The number of hydrogen-bond acceptors (Lipinski definition) is 4. The Balaban J connectivity index is 1.89. The van der Waals surface area contributed by atoms with E-state index in [1.807, 2.05) is 0 Å². The van der Waals surface area contributed by atoms with Crippen LogP contribution in [0.5, 0.6) is 11.5 Å². The largest absolute Gasteiger partial charge is 0.478 e. The zero-order chi connectivity index (χ0) is 18.7. The Morgan fingerprint density at radius 2 is 1.85 bits per heavy atom. The topological polar surface area (TPSA) is 122 Å². The summed E-state index contributed by atoms with van der Waals surface area (Å²) in [4.78, 5) is 35.8. The zero-order valence-corrected chi connectivity index (χ0v) is 13.8. The van der Waals surface area contributed by atoms with E-state index in [4.69, 9.17) is 15.6 Å². The second-order valence-corrected chi connectivity index (χ2v) is 5.77. The first-order valence-electron chi connectivity index (χ1n) is 7.91. The molecule has 2 aromatic carbocycles. The Morgan fingerprint density at radius 3 is 2.42 bits per heavy atom. The van der Waals surface area contributed by atoms with Crippen LogP contribution in [0.15, 0.2) is 42.5 Å². The number of carbonyl (C=O) groups excluding carboxylic acids is 2. The zero-order valence-electron chi connectivity index (χ0n) is 13.8. The third-order valence-corrected chi connectivity index (χ3v) is 3.99. The van der Waals surface area contributed by atoms with Gasteiger partial charge in [0.2, 0.25) is 5.91 Å². The molecule has 1 saturated heterocycles. The molecule has 3 amide bonds. The molecule has 8 nitrogen and oxygen atoms in total. The quantitative estimate of drug-likeness (QED) is 0.729. The fraction of sp³-hybridized carbons (Fsp3) is 0.167. The smallest absolute Gasteiger partial charge is 0.335 e. The highest BCUT2D eigenvalue weighted by Crippen LogP contribution is 2.28. The van der Waals surface area contributed by atoms with Crippen LogP contribution in [0.3, 0.4) is 0 Å². The number of primary amides is 1. The lowest BCUT2D eigenvalue weighted by Gasteiger charge is -2.18. The molecule has 0 aromatic heterocycles. The van der Waals surface area contributed by atoms with Crippen molar-refractivity contribution in [3.63, 3.8) is 0 Å². The second-order valence-electron chi connectivity index (χ2n) is 5.77. The fourth-order valence-corrected chi connectivity index (χ4v) is 2.59. The van der Waals surface area contributed by atoms with Crippen molar-refractivity contribution in [3.8, 4) is 11.5 Å². The summed E-state index contributed by atoms with van der Waals surface area (Å²) in [5.74, 6) is -0.845. The van der Waals surface area contributed by atoms with Crippen molar-refractivity contribution in [2.75, 3.05) is 13.1 Å². The van der Waals surface area contributed by atoms with Gasteiger partial charge in [-0.25, -0.2) is 9.59 Å². The maximum absolute atomic E-state index is 11.8. The number of rotatable bonds is 6. The van der Waals surface area contributed by atoms with Gasteiger partial charge in [0.1, 0.15) is 11.5 Å². The highest BCUT2D eigenvalue weighted by atomic mass is 16.5. The normalized spacial score (nSPS) is 13.4. The molecule has 2 aromatic rings. The van der Waals surface area contributed by atoms with E-state index in [1.54, 1.807) is 17.0 Å². The van der Waals surface area contributed by atoms with E-state index in [-0.39, 0.29) is 17.2 Å². The van der Waals surface area contributed by atoms with Crippen LogP contribution >= 0.6 is 0 Å². The molecule has 1 heterocycles. The first-order valence-corrected chi connectivity index (χ1v) is 7.91. The van der Waals surface area contributed by atoms with Crippen LogP contribution in [-0.2, 0) is 6.54 Å². The maximum Gasteiger partial charge on any atom is 0.335 e. The summed E-state index contributed by atoms with van der Waals surface area (Å²) >= 11 is 0. The summed E-state index contributed by atoms with van der Waals surface area (Å²) in [6.45, 7) is 1.46. The van der Waals surface area contributed by atoms with Crippen molar-refractivity contribution < 1.29 is 24.2 Å². The van der Waals surface area contributed by atoms with E-state index in [9.17, 15) is 14.4 Å². The number of hydrogen-bond donors (Lipinski definition) is 3. The van der Waals surface area contributed by atoms with E-state index in [1.165, 1.54) is 30.3 Å². The summed E-state index contributed by atoms with van der Waals surface area (Å²) < 4.78 is 5.82. The standard InChI is InChI=1S/C18H17N3O5/c19-16(22)12-1-2-13(10-21-8-7-20-18(21)25)15(9-12)26-14-5-3-11(4-6-14)17(23)24/h1-6,9H,7-8,10H2,(H2,19,22)(H,20,25)(H,23,24). The van der Waals surface area contributed by atoms with Crippen molar-refractivity contribution in [2.24, 2.45) is 5.73 Å². The average molecular weight is 355 g/mol. The Kier molecular flexibility index (Phi) is 4.74. The molecule has 0 aliphatic carbocycles. The van der Waals surface area contributed by atoms with Crippen LogP contribution in [0.1, 0.15) is 26.3 Å². The number of nitrogens with zero attached hydrogens (tertiary/aromatic N) is 1. The van der Waals surface area contributed by atoms with Crippen LogP contribution in [-0.4, -0.2) is 41.0 Å². The maximum atomic E-state index is 11.8. The van der Waals surface area contributed by atoms with Crippen LogP contribution in [0, 0.1) is 0 Å². The van der Waals surface area contributed by atoms with Crippen LogP contribution in [0.2, 0.25) is 0 Å². The molecule has 0 unspecified atom stereocenters. The minimum atomic E-state index is -1.03. The van der Waals surface area contributed by atoms with Gasteiger partial charge in [-0.05, 0) is 36.4 Å². The van der Waals surface area contributed by atoms with Gasteiger partial charge in [-0.2, -0.15) is 0 Å². The SMILES string of the molecule is NC(=O)c1ccc(CN2CCNC2=O)c(Oc2ccc(C(=O)O)cc2)c1. The number of aromatic carboxylic acids is 1. The number of urea groups is 1. The highest BCUT2D eigenvalue weighted by Gasteiger charge is 2.21. The Hall–Kier alpha value is -3.55. The molecule has 0 spiro atoms. The van der Waals surface area contributed by atoms with Crippen LogP contribution in [0.4, 0.5) is 4.79 Å². The molecule has 1 aliphatic rings. The van der Waals surface area contributed by atoms with Crippen molar-refractivity contribution in [2.45, 2.75) is 6.54 Å². The monoisotopic (exact) mass is 355 g/mol. The van der Waals surface area contributed by atoms with Gasteiger partial charge in [0.15, 0.2) is 0 Å². The Labute approximate surface area is 149 Å². The molecule has 1 fully saturated rings. The van der Waals surface area contributed by atoms with Gasteiger partial charge in [-0.1, -0.05) is 6.07 Å². The van der Waals surface area contributed by atoms with Gasteiger partial charge in [0.05, 0.1) is 12.1 Å². The minimum absolute atomic E-state index is 0.136. The fourth-order valence-electron chi connectivity index (χ4n) is 2.59. The van der Waals surface area contributed by atoms with Crippen molar-refractivity contribution in [1.82, 2.24) is 10.2 Å². The highest BCUT2D eigenvalue weighted by molar-refractivity contribution is 5.93. The van der Waals surface area contributed by atoms with Crippen LogP contribution < -0.4 is 15.8 Å². The van der Waals surface area contributed by atoms with Gasteiger partial charge < -0.3 is 25.8 Å². The lowest BCUT2D eigenvalue weighted by Crippen LogP contribution is -2.27. The Morgan fingerprint density at radius 1 is 1.15 bits per heavy atom. The van der Waals surface area contributed by atoms with E-state index in [2.05, 4.69) is 5.32 Å². The van der Waals surface area contributed by atoms with Crippen molar-refractivity contribution in [1.29, 1.82) is 0 Å². The van der Waals surface area contributed by atoms with Gasteiger partial charge in [-0.15, -0.1) is 0 Å². The third-order valence-electron chi connectivity index (χ3n) is 3.99. The molecule has 0 saturated carbocycles. The van der Waals surface area contributed by atoms with Gasteiger partial charge in [0.25, 0.3) is 0 Å². The molecule has 8 heteroatoms. The molecular weight excluding hydrogens is 338 g/mol. The first kappa shape index (κ1) is 17.3. The van der Waals surface area contributed by atoms with Crippen LogP contribution in [0.25, 0.3) is 0 Å². The number of carboxylic acids is 1. The summed E-state index contributed by atoms with van der Waals surface area (Å²) in [6.07, 6.45) is 0. The molecule has 134 valence electrons. The molecule has 4 N–H and O–H groups in total. The van der Waals surface area contributed by atoms with E-state index < -0.39 is 11.9 Å². The summed E-state index contributed by atoms with van der Waals surface area (Å²) in [5.41, 5.74) is 6.44. The second kappa shape index (κ2) is 7.14. The number of carbonyl (C=O) groups is 3. The molecule has 3 rings (SSSR count). The van der Waals surface area contributed by atoms with Gasteiger partial charge in [0, 0.05) is 24.2 Å². The molecular formula is C18H17N3O5. The third kappa shape index (κ3) is 3.75. The Bertz CT molecular complexity index is 864. The van der Waals surface area contributed by atoms with E-state index in [0.29, 0.717) is 36.7 Å². The number of amides is 3.